The van der Waals surface area contributed by atoms with Crippen LogP contribution in [0, 0.1) is 5.92 Å². The lowest BCUT2D eigenvalue weighted by atomic mass is 10.0. The van der Waals surface area contributed by atoms with Crippen molar-refractivity contribution in [1.82, 2.24) is 10.6 Å². The third-order valence-electron chi connectivity index (χ3n) is 3.80. The number of hydrogen-bond acceptors (Lipinski definition) is 5. The van der Waals surface area contributed by atoms with Crippen LogP contribution in [0.2, 0.25) is 0 Å². The summed E-state index contributed by atoms with van der Waals surface area (Å²) < 4.78 is 0. The fourth-order valence-electron chi connectivity index (χ4n) is 2.34. The van der Waals surface area contributed by atoms with Gasteiger partial charge in [0.15, 0.2) is 0 Å². The number of benzene rings is 1. The highest BCUT2D eigenvalue weighted by atomic mass is 16.4. The van der Waals surface area contributed by atoms with Gasteiger partial charge in [-0.25, -0.2) is 0 Å². The summed E-state index contributed by atoms with van der Waals surface area (Å²) in [5, 5.41) is 23.2. The molecule has 0 radical (unpaired) electrons. The second-order valence-corrected chi connectivity index (χ2v) is 6.74. The van der Waals surface area contributed by atoms with Crippen LogP contribution in [0.5, 0.6) is 5.75 Å². The number of phenolic OH excluding ortho intramolecular Hbond substituents is 1. The lowest BCUT2D eigenvalue weighted by Crippen LogP contribution is -2.54. The molecule has 0 aliphatic heterocycles. The van der Waals surface area contributed by atoms with E-state index in [1.54, 1.807) is 12.1 Å². The molecular weight excluding hydrogens is 338 g/mol. The zero-order chi connectivity index (χ0) is 19.9. The maximum atomic E-state index is 12.3. The normalized spacial score (nSPS) is 14.3. The molecule has 0 bridgehead atoms. The monoisotopic (exact) mass is 365 g/mol. The van der Waals surface area contributed by atoms with E-state index in [0.717, 1.165) is 5.56 Å². The number of carboxylic acid groups (broad SMARTS) is 1. The summed E-state index contributed by atoms with van der Waals surface area (Å²) in [5.41, 5.74) is 6.69. The molecule has 0 heterocycles. The molecule has 1 aromatic rings. The Balaban J connectivity index is 2.72. The van der Waals surface area contributed by atoms with Crippen LogP contribution in [0.15, 0.2) is 24.3 Å². The first-order valence-corrected chi connectivity index (χ1v) is 8.47. The number of carbonyl (C=O) groups excluding carboxylic acids is 2. The second kappa shape index (κ2) is 9.76. The van der Waals surface area contributed by atoms with Crippen molar-refractivity contribution in [2.75, 3.05) is 0 Å². The SMILES string of the molecule is CC(C)C[C@H](NC(=O)[C@@H](N)Cc1ccc(O)cc1)C(=O)N[C@@H](C)C(=O)O. The van der Waals surface area contributed by atoms with Crippen molar-refractivity contribution < 1.29 is 24.6 Å². The van der Waals surface area contributed by atoms with E-state index in [2.05, 4.69) is 10.6 Å². The van der Waals surface area contributed by atoms with Gasteiger partial charge in [0.25, 0.3) is 0 Å². The van der Waals surface area contributed by atoms with E-state index >= 15 is 0 Å². The molecule has 0 aliphatic carbocycles. The number of carboxylic acids is 1. The summed E-state index contributed by atoms with van der Waals surface area (Å²) in [6.45, 7) is 5.14. The van der Waals surface area contributed by atoms with Gasteiger partial charge in [0.05, 0.1) is 6.04 Å². The molecule has 1 rings (SSSR count). The Morgan fingerprint density at radius 1 is 1.04 bits per heavy atom. The number of phenols is 1. The van der Waals surface area contributed by atoms with Crippen LogP contribution < -0.4 is 16.4 Å². The van der Waals surface area contributed by atoms with E-state index in [4.69, 9.17) is 10.8 Å². The Morgan fingerprint density at radius 3 is 2.12 bits per heavy atom. The minimum Gasteiger partial charge on any atom is -0.508 e. The average molecular weight is 365 g/mol. The van der Waals surface area contributed by atoms with Gasteiger partial charge in [-0.05, 0) is 43.4 Å². The third kappa shape index (κ3) is 7.10. The Kier molecular flexibility index (Phi) is 8.05. The Hall–Kier alpha value is -2.61. The zero-order valence-electron chi connectivity index (χ0n) is 15.2. The van der Waals surface area contributed by atoms with Crippen molar-refractivity contribution in [2.24, 2.45) is 11.7 Å². The highest BCUT2D eigenvalue weighted by Gasteiger charge is 2.26. The molecule has 1 aromatic carbocycles. The van der Waals surface area contributed by atoms with Gasteiger partial charge >= 0.3 is 5.97 Å². The van der Waals surface area contributed by atoms with E-state index in [0.29, 0.717) is 6.42 Å². The molecule has 0 saturated heterocycles. The fraction of sp³-hybridized carbons (Fsp3) is 0.500. The summed E-state index contributed by atoms with van der Waals surface area (Å²) >= 11 is 0. The molecule has 2 amide bonds. The molecular formula is C18H27N3O5. The lowest BCUT2D eigenvalue weighted by molar-refractivity contribution is -0.141. The largest absolute Gasteiger partial charge is 0.508 e. The number of nitrogens with two attached hydrogens (primary N) is 1. The number of amides is 2. The molecule has 0 spiro atoms. The number of carbonyl (C=O) groups is 3. The molecule has 0 aliphatic rings. The third-order valence-corrected chi connectivity index (χ3v) is 3.80. The highest BCUT2D eigenvalue weighted by Crippen LogP contribution is 2.11. The zero-order valence-corrected chi connectivity index (χ0v) is 15.2. The van der Waals surface area contributed by atoms with Crippen molar-refractivity contribution in [2.45, 2.75) is 51.7 Å². The van der Waals surface area contributed by atoms with Crippen LogP contribution >= 0.6 is 0 Å². The van der Waals surface area contributed by atoms with Crippen molar-refractivity contribution in [3.63, 3.8) is 0 Å². The fourth-order valence-corrected chi connectivity index (χ4v) is 2.34. The topological polar surface area (TPSA) is 142 Å². The molecule has 26 heavy (non-hydrogen) atoms. The number of rotatable bonds is 9. The van der Waals surface area contributed by atoms with Crippen LogP contribution in [-0.2, 0) is 20.8 Å². The van der Waals surface area contributed by atoms with E-state index in [1.807, 2.05) is 13.8 Å². The van der Waals surface area contributed by atoms with Crippen molar-refractivity contribution >= 4 is 17.8 Å². The Labute approximate surface area is 152 Å². The number of nitrogens with one attached hydrogen (secondary N) is 2. The first-order valence-electron chi connectivity index (χ1n) is 8.47. The van der Waals surface area contributed by atoms with Gasteiger partial charge in [-0.3, -0.25) is 14.4 Å². The minimum atomic E-state index is -1.16. The van der Waals surface area contributed by atoms with Gasteiger partial charge in [0, 0.05) is 0 Å². The summed E-state index contributed by atoms with van der Waals surface area (Å²) in [6, 6.07) is 3.53. The van der Waals surface area contributed by atoms with Crippen LogP contribution in [0.25, 0.3) is 0 Å². The molecule has 3 atom stereocenters. The lowest BCUT2D eigenvalue weighted by Gasteiger charge is -2.23. The van der Waals surface area contributed by atoms with E-state index in [1.165, 1.54) is 19.1 Å². The number of aromatic hydroxyl groups is 1. The summed E-state index contributed by atoms with van der Waals surface area (Å²) in [5.74, 6) is -1.98. The molecule has 0 saturated carbocycles. The van der Waals surface area contributed by atoms with E-state index in [9.17, 15) is 19.5 Å². The smallest absolute Gasteiger partial charge is 0.325 e. The Morgan fingerprint density at radius 2 is 1.62 bits per heavy atom. The Bertz CT molecular complexity index is 630. The number of aliphatic carboxylic acids is 1. The molecule has 8 heteroatoms. The summed E-state index contributed by atoms with van der Waals surface area (Å²) in [6.07, 6.45) is 0.601. The molecule has 0 unspecified atom stereocenters. The predicted octanol–water partition coefficient (Wildman–Crippen LogP) is 0.382. The molecule has 0 aromatic heterocycles. The van der Waals surface area contributed by atoms with Gasteiger partial charge < -0.3 is 26.6 Å². The van der Waals surface area contributed by atoms with E-state index < -0.39 is 35.9 Å². The quantitative estimate of drug-likeness (QED) is 0.428. The summed E-state index contributed by atoms with van der Waals surface area (Å²) in [4.78, 5) is 35.5. The second-order valence-electron chi connectivity index (χ2n) is 6.74. The molecule has 144 valence electrons. The van der Waals surface area contributed by atoms with Crippen molar-refractivity contribution in [3.8, 4) is 5.75 Å². The van der Waals surface area contributed by atoms with Crippen LogP contribution in [0.4, 0.5) is 0 Å². The number of hydrogen-bond donors (Lipinski definition) is 5. The standard InChI is InChI=1S/C18H27N3O5/c1-10(2)8-15(17(24)20-11(3)18(25)26)21-16(23)14(19)9-12-4-6-13(22)7-5-12/h4-7,10-11,14-15,22H,8-9,19H2,1-3H3,(H,20,24)(H,21,23)(H,25,26)/t11-,14-,15-/m0/s1. The molecule has 8 nitrogen and oxygen atoms in total. The van der Waals surface area contributed by atoms with Crippen LogP contribution in [-0.4, -0.2) is 46.1 Å². The first-order chi connectivity index (χ1) is 12.1. The van der Waals surface area contributed by atoms with Crippen LogP contribution in [0.3, 0.4) is 0 Å². The van der Waals surface area contributed by atoms with Crippen LogP contribution in [0.1, 0.15) is 32.8 Å². The van der Waals surface area contributed by atoms with Gasteiger partial charge in [-0.1, -0.05) is 26.0 Å². The van der Waals surface area contributed by atoms with Gasteiger partial charge in [-0.15, -0.1) is 0 Å². The highest BCUT2D eigenvalue weighted by molar-refractivity contribution is 5.91. The summed E-state index contributed by atoms with van der Waals surface area (Å²) in [7, 11) is 0. The van der Waals surface area contributed by atoms with Crippen molar-refractivity contribution in [1.29, 1.82) is 0 Å². The minimum absolute atomic E-state index is 0.111. The van der Waals surface area contributed by atoms with Gasteiger partial charge in [-0.2, -0.15) is 0 Å². The maximum absolute atomic E-state index is 12.3. The predicted molar refractivity (Wildman–Crippen MR) is 96.4 cm³/mol. The molecule has 0 fully saturated rings. The van der Waals surface area contributed by atoms with Crippen molar-refractivity contribution in [3.05, 3.63) is 29.8 Å². The van der Waals surface area contributed by atoms with Gasteiger partial charge in [0.1, 0.15) is 17.8 Å². The molecule has 6 N–H and O–H groups in total. The first kappa shape index (κ1) is 21.4. The van der Waals surface area contributed by atoms with Gasteiger partial charge in [0.2, 0.25) is 11.8 Å². The average Bonchev–Trinajstić information content (AvgIpc) is 2.55. The van der Waals surface area contributed by atoms with E-state index in [-0.39, 0.29) is 18.1 Å². The maximum Gasteiger partial charge on any atom is 0.325 e.